The average Bonchev–Trinajstić information content (AvgIpc) is 2.46. The lowest BCUT2D eigenvalue weighted by molar-refractivity contribution is 0.173. The molecule has 0 aromatic heterocycles. The monoisotopic (exact) mass is 260 g/mol. The number of ether oxygens (including phenoxy) is 1. The number of benzene rings is 2. The van der Waals surface area contributed by atoms with Crippen LogP contribution in [-0.4, -0.2) is 5.11 Å². The summed E-state index contributed by atoms with van der Waals surface area (Å²) in [5, 5.41) is 9.67. The largest absolute Gasteiger partial charge is 0.489 e. The molecule has 0 aliphatic rings. The minimum Gasteiger partial charge on any atom is -0.489 e. The standard InChI is InChI=1S/C16H17FO2/c1-2-16(18)12-7-9-14(10-8-12)19-11-13-5-3-4-6-15(13)17/h3-10,16,18H,2,11H2,1H3/t16-/m1/s1. The fourth-order valence-electron chi connectivity index (χ4n) is 1.80. The third-order valence-electron chi connectivity index (χ3n) is 3.00. The van der Waals surface area contributed by atoms with E-state index in [4.69, 9.17) is 4.74 Å². The van der Waals surface area contributed by atoms with Crippen molar-refractivity contribution in [2.45, 2.75) is 26.1 Å². The van der Waals surface area contributed by atoms with E-state index in [0.717, 1.165) is 5.56 Å². The number of aliphatic hydroxyl groups is 1. The number of halogens is 1. The smallest absolute Gasteiger partial charge is 0.129 e. The minimum atomic E-state index is -0.444. The van der Waals surface area contributed by atoms with Crippen LogP contribution in [0.15, 0.2) is 48.5 Å². The van der Waals surface area contributed by atoms with Crippen LogP contribution in [-0.2, 0) is 6.61 Å². The van der Waals surface area contributed by atoms with E-state index in [9.17, 15) is 9.50 Å². The van der Waals surface area contributed by atoms with Gasteiger partial charge >= 0.3 is 0 Å². The van der Waals surface area contributed by atoms with Crippen LogP contribution in [0, 0.1) is 5.82 Å². The molecule has 0 saturated carbocycles. The van der Waals surface area contributed by atoms with E-state index in [0.29, 0.717) is 17.7 Å². The average molecular weight is 260 g/mol. The molecule has 2 nitrogen and oxygen atoms in total. The fraction of sp³-hybridized carbons (Fsp3) is 0.250. The summed E-state index contributed by atoms with van der Waals surface area (Å²) in [5.41, 5.74) is 1.39. The summed E-state index contributed by atoms with van der Waals surface area (Å²) in [5.74, 6) is 0.399. The third kappa shape index (κ3) is 3.55. The zero-order valence-corrected chi connectivity index (χ0v) is 10.8. The second-order valence-electron chi connectivity index (χ2n) is 4.37. The Bertz CT molecular complexity index is 523. The van der Waals surface area contributed by atoms with Gasteiger partial charge in [0, 0.05) is 5.56 Å². The molecule has 0 unspecified atom stereocenters. The van der Waals surface area contributed by atoms with Gasteiger partial charge in [-0.1, -0.05) is 37.3 Å². The first-order chi connectivity index (χ1) is 9.20. The van der Waals surface area contributed by atoms with Crippen LogP contribution in [0.3, 0.4) is 0 Å². The van der Waals surface area contributed by atoms with Gasteiger partial charge in [-0.05, 0) is 30.2 Å². The van der Waals surface area contributed by atoms with E-state index < -0.39 is 6.10 Å². The maximum atomic E-state index is 13.4. The van der Waals surface area contributed by atoms with Crippen LogP contribution in [0.2, 0.25) is 0 Å². The molecule has 0 bridgehead atoms. The quantitative estimate of drug-likeness (QED) is 0.884. The number of aliphatic hydroxyl groups excluding tert-OH is 1. The Labute approximate surface area is 112 Å². The van der Waals surface area contributed by atoms with Crippen molar-refractivity contribution >= 4 is 0 Å². The second-order valence-corrected chi connectivity index (χ2v) is 4.37. The Morgan fingerprint density at radius 3 is 2.42 bits per heavy atom. The molecule has 0 saturated heterocycles. The molecule has 100 valence electrons. The molecular formula is C16H17FO2. The van der Waals surface area contributed by atoms with E-state index in [2.05, 4.69) is 0 Å². The van der Waals surface area contributed by atoms with Crippen molar-refractivity contribution in [3.05, 3.63) is 65.5 Å². The van der Waals surface area contributed by atoms with Gasteiger partial charge in [0.15, 0.2) is 0 Å². The Morgan fingerprint density at radius 2 is 1.79 bits per heavy atom. The van der Waals surface area contributed by atoms with Gasteiger partial charge in [0.2, 0.25) is 0 Å². The maximum Gasteiger partial charge on any atom is 0.129 e. The van der Waals surface area contributed by atoms with Crippen molar-refractivity contribution < 1.29 is 14.2 Å². The van der Waals surface area contributed by atoms with E-state index >= 15 is 0 Å². The first-order valence-corrected chi connectivity index (χ1v) is 6.35. The Morgan fingerprint density at radius 1 is 1.11 bits per heavy atom. The van der Waals surface area contributed by atoms with Crippen molar-refractivity contribution in [3.8, 4) is 5.75 Å². The van der Waals surface area contributed by atoms with Gasteiger partial charge in [-0.25, -0.2) is 4.39 Å². The summed E-state index contributed by atoms with van der Waals surface area (Å²) >= 11 is 0. The van der Waals surface area contributed by atoms with Crippen LogP contribution < -0.4 is 4.74 Å². The molecule has 0 aliphatic heterocycles. The summed E-state index contributed by atoms with van der Waals surface area (Å²) in [4.78, 5) is 0. The molecule has 2 rings (SSSR count). The van der Waals surface area contributed by atoms with Gasteiger partial charge < -0.3 is 9.84 Å². The van der Waals surface area contributed by atoms with Gasteiger partial charge in [0.25, 0.3) is 0 Å². The SMILES string of the molecule is CC[C@@H](O)c1ccc(OCc2ccccc2F)cc1. The molecule has 0 heterocycles. The summed E-state index contributed by atoms with van der Waals surface area (Å²) in [6.07, 6.45) is 0.232. The molecule has 2 aromatic rings. The zero-order valence-electron chi connectivity index (χ0n) is 10.8. The van der Waals surface area contributed by atoms with Gasteiger partial charge in [0.05, 0.1) is 6.10 Å². The van der Waals surface area contributed by atoms with Gasteiger partial charge in [-0.3, -0.25) is 0 Å². The second kappa shape index (κ2) is 6.34. The topological polar surface area (TPSA) is 29.5 Å². The van der Waals surface area contributed by atoms with Crippen LogP contribution in [0.25, 0.3) is 0 Å². The molecule has 0 amide bonds. The van der Waals surface area contributed by atoms with Crippen molar-refractivity contribution in [1.82, 2.24) is 0 Å². The predicted octanol–water partition coefficient (Wildman–Crippen LogP) is 3.85. The van der Waals surface area contributed by atoms with Crippen LogP contribution >= 0.6 is 0 Å². The molecule has 2 aromatic carbocycles. The molecule has 0 aliphatic carbocycles. The molecule has 1 N–H and O–H groups in total. The van der Waals surface area contributed by atoms with Crippen molar-refractivity contribution in [1.29, 1.82) is 0 Å². The lowest BCUT2D eigenvalue weighted by Crippen LogP contribution is -1.99. The van der Waals surface area contributed by atoms with Gasteiger partial charge in [-0.15, -0.1) is 0 Å². The number of hydrogen-bond acceptors (Lipinski definition) is 2. The summed E-state index contributed by atoms with van der Waals surface area (Å²) < 4.78 is 18.9. The Hall–Kier alpha value is -1.87. The zero-order chi connectivity index (χ0) is 13.7. The van der Waals surface area contributed by atoms with Crippen molar-refractivity contribution in [3.63, 3.8) is 0 Å². The number of rotatable bonds is 5. The van der Waals surface area contributed by atoms with E-state index in [1.54, 1.807) is 30.3 Å². The third-order valence-corrected chi connectivity index (χ3v) is 3.00. The lowest BCUT2D eigenvalue weighted by atomic mass is 10.1. The lowest BCUT2D eigenvalue weighted by Gasteiger charge is -2.10. The molecule has 3 heteroatoms. The minimum absolute atomic E-state index is 0.197. The highest BCUT2D eigenvalue weighted by molar-refractivity contribution is 5.29. The van der Waals surface area contributed by atoms with E-state index in [1.807, 2.05) is 19.1 Å². The highest BCUT2D eigenvalue weighted by Crippen LogP contribution is 2.20. The van der Waals surface area contributed by atoms with Crippen LogP contribution in [0.5, 0.6) is 5.75 Å². The Kier molecular flexibility index (Phi) is 4.53. The fourth-order valence-corrected chi connectivity index (χ4v) is 1.80. The molecule has 19 heavy (non-hydrogen) atoms. The van der Waals surface area contributed by atoms with Crippen molar-refractivity contribution in [2.75, 3.05) is 0 Å². The first kappa shape index (κ1) is 13.6. The molecule has 0 fully saturated rings. The maximum absolute atomic E-state index is 13.4. The molecular weight excluding hydrogens is 243 g/mol. The van der Waals surface area contributed by atoms with E-state index in [-0.39, 0.29) is 12.4 Å². The first-order valence-electron chi connectivity index (χ1n) is 6.35. The Balaban J connectivity index is 1.99. The molecule has 0 spiro atoms. The molecule has 1 atom stereocenters. The number of hydrogen-bond donors (Lipinski definition) is 1. The van der Waals surface area contributed by atoms with Gasteiger partial charge in [-0.2, -0.15) is 0 Å². The summed E-state index contributed by atoms with van der Waals surface area (Å²) in [6.45, 7) is 2.12. The summed E-state index contributed by atoms with van der Waals surface area (Å²) in [6, 6.07) is 13.8. The van der Waals surface area contributed by atoms with Gasteiger partial charge in [0.1, 0.15) is 18.2 Å². The highest BCUT2D eigenvalue weighted by Gasteiger charge is 2.05. The van der Waals surface area contributed by atoms with Crippen LogP contribution in [0.1, 0.15) is 30.6 Å². The van der Waals surface area contributed by atoms with Crippen LogP contribution in [0.4, 0.5) is 4.39 Å². The van der Waals surface area contributed by atoms with Crippen molar-refractivity contribution in [2.24, 2.45) is 0 Å². The van der Waals surface area contributed by atoms with E-state index in [1.165, 1.54) is 6.07 Å². The molecule has 0 radical (unpaired) electrons. The predicted molar refractivity (Wildman–Crippen MR) is 72.4 cm³/mol. The normalized spacial score (nSPS) is 12.2. The highest BCUT2D eigenvalue weighted by atomic mass is 19.1. The summed E-state index contributed by atoms with van der Waals surface area (Å²) in [7, 11) is 0.